The molecule has 1 rings (SSSR count). The largest absolute Gasteiger partial charge is 0.342 e. The molecule has 0 radical (unpaired) electrons. The second-order valence-electron chi connectivity index (χ2n) is 4.08. The summed E-state index contributed by atoms with van der Waals surface area (Å²) in [6.45, 7) is 2.07. The maximum atomic E-state index is 11.5. The van der Waals surface area contributed by atoms with Gasteiger partial charge in [0.2, 0.25) is 5.91 Å². The molecule has 1 atom stereocenters. The molecule has 0 aromatic carbocycles. The van der Waals surface area contributed by atoms with Crippen molar-refractivity contribution in [2.24, 2.45) is 5.92 Å². The van der Waals surface area contributed by atoms with Gasteiger partial charge in [0.15, 0.2) is 0 Å². The van der Waals surface area contributed by atoms with Crippen molar-refractivity contribution in [1.29, 1.82) is 0 Å². The average Bonchev–Trinajstić information content (AvgIpc) is 2.11. The highest BCUT2D eigenvalue weighted by molar-refractivity contribution is 5.77. The topological polar surface area (TPSA) is 29.1 Å². The lowest BCUT2D eigenvalue weighted by molar-refractivity contribution is -0.123. The van der Waals surface area contributed by atoms with Crippen molar-refractivity contribution in [3.63, 3.8) is 0 Å². The molecule has 0 bridgehead atoms. The lowest BCUT2D eigenvalue weighted by Gasteiger charge is -2.25. The first-order valence-corrected chi connectivity index (χ1v) is 5.51. The molecule has 14 heavy (non-hydrogen) atoms. The van der Waals surface area contributed by atoms with Gasteiger partial charge >= 0.3 is 0 Å². The zero-order chi connectivity index (χ0) is 10.4. The third-order valence-corrected chi connectivity index (χ3v) is 2.81. The minimum Gasteiger partial charge on any atom is -0.342 e. The highest BCUT2D eigenvalue weighted by Crippen LogP contribution is 2.29. The summed E-state index contributed by atoms with van der Waals surface area (Å²) in [7, 11) is 0. The molecule has 0 aliphatic heterocycles. The van der Waals surface area contributed by atoms with Crippen LogP contribution in [0.5, 0.6) is 0 Å². The predicted molar refractivity (Wildman–Crippen MR) is 57.6 cm³/mol. The van der Waals surface area contributed by atoms with Gasteiger partial charge in [0.05, 0.1) is 6.04 Å². The Labute approximate surface area is 86.5 Å². The molecule has 1 unspecified atom stereocenters. The Hall–Kier alpha value is -0.970. The maximum Gasteiger partial charge on any atom is 0.221 e. The summed E-state index contributed by atoms with van der Waals surface area (Å²) in [5.74, 6) is 3.36. The number of carbonyl (C=O) groups is 1. The van der Waals surface area contributed by atoms with Crippen molar-refractivity contribution in [3.8, 4) is 12.3 Å². The fraction of sp³-hybridized carbons (Fsp3) is 0.750. The Morgan fingerprint density at radius 3 is 2.79 bits per heavy atom. The number of hydrogen-bond donors (Lipinski definition) is 1. The van der Waals surface area contributed by atoms with Gasteiger partial charge in [0.1, 0.15) is 0 Å². The molecule has 78 valence electrons. The molecule has 2 heteroatoms. The lowest BCUT2D eigenvalue weighted by Crippen LogP contribution is -2.35. The molecular formula is C12H19NO. The van der Waals surface area contributed by atoms with Gasteiger partial charge in [-0.15, -0.1) is 6.42 Å². The second kappa shape index (κ2) is 5.70. The minimum atomic E-state index is -0.0624. The van der Waals surface area contributed by atoms with Crippen LogP contribution >= 0.6 is 0 Å². The van der Waals surface area contributed by atoms with Gasteiger partial charge in [-0.25, -0.2) is 0 Å². The Morgan fingerprint density at radius 2 is 2.36 bits per heavy atom. The van der Waals surface area contributed by atoms with Crippen LogP contribution in [0, 0.1) is 18.3 Å². The van der Waals surface area contributed by atoms with Gasteiger partial charge < -0.3 is 5.32 Å². The number of amides is 1. The quantitative estimate of drug-likeness (QED) is 0.666. The first-order valence-electron chi connectivity index (χ1n) is 5.51. The second-order valence-corrected chi connectivity index (χ2v) is 4.08. The summed E-state index contributed by atoms with van der Waals surface area (Å²) in [6.07, 6.45) is 11.6. The van der Waals surface area contributed by atoms with Crippen molar-refractivity contribution in [2.75, 3.05) is 0 Å². The van der Waals surface area contributed by atoms with Crippen LogP contribution in [0.25, 0.3) is 0 Å². The van der Waals surface area contributed by atoms with Gasteiger partial charge in [-0.05, 0) is 25.2 Å². The number of hydrogen-bond acceptors (Lipinski definition) is 1. The molecule has 0 heterocycles. The van der Waals surface area contributed by atoms with Crippen LogP contribution in [0.15, 0.2) is 0 Å². The third-order valence-electron chi connectivity index (χ3n) is 2.81. The minimum absolute atomic E-state index is 0.0624. The number of nitrogens with one attached hydrogen (secondary N) is 1. The van der Waals surface area contributed by atoms with Crippen LogP contribution in [-0.4, -0.2) is 11.9 Å². The molecule has 1 amide bonds. The van der Waals surface area contributed by atoms with E-state index in [9.17, 15) is 4.79 Å². The van der Waals surface area contributed by atoms with E-state index < -0.39 is 0 Å². The molecule has 0 aromatic heterocycles. The lowest BCUT2D eigenvalue weighted by atomic mass is 9.83. The highest BCUT2D eigenvalue weighted by atomic mass is 16.1. The van der Waals surface area contributed by atoms with E-state index in [4.69, 9.17) is 6.42 Å². The SMILES string of the molecule is C#CC(CCC)NC(=O)CC1CCC1. The Kier molecular flexibility index (Phi) is 4.52. The summed E-state index contributed by atoms with van der Waals surface area (Å²) in [4.78, 5) is 11.5. The molecule has 1 saturated carbocycles. The summed E-state index contributed by atoms with van der Waals surface area (Å²) in [5.41, 5.74) is 0. The number of carbonyl (C=O) groups excluding carboxylic acids is 1. The molecule has 0 saturated heterocycles. The Bertz CT molecular complexity index is 225. The van der Waals surface area contributed by atoms with Crippen molar-refractivity contribution < 1.29 is 4.79 Å². The van der Waals surface area contributed by atoms with Gasteiger partial charge in [0.25, 0.3) is 0 Å². The maximum absolute atomic E-state index is 11.5. The zero-order valence-corrected chi connectivity index (χ0v) is 8.88. The standard InChI is InChI=1S/C12H19NO/c1-3-6-11(4-2)13-12(14)9-10-7-5-8-10/h2,10-11H,3,5-9H2,1H3,(H,13,14). The van der Waals surface area contributed by atoms with E-state index in [0.717, 1.165) is 12.8 Å². The van der Waals surface area contributed by atoms with Crippen molar-refractivity contribution in [2.45, 2.75) is 51.5 Å². The zero-order valence-electron chi connectivity index (χ0n) is 8.88. The van der Waals surface area contributed by atoms with E-state index in [1.165, 1.54) is 19.3 Å². The Morgan fingerprint density at radius 1 is 1.64 bits per heavy atom. The summed E-state index contributed by atoms with van der Waals surface area (Å²) >= 11 is 0. The highest BCUT2D eigenvalue weighted by Gasteiger charge is 2.21. The van der Waals surface area contributed by atoms with E-state index in [2.05, 4.69) is 18.2 Å². The summed E-state index contributed by atoms with van der Waals surface area (Å²) < 4.78 is 0. The summed E-state index contributed by atoms with van der Waals surface area (Å²) in [5, 5.41) is 2.89. The smallest absolute Gasteiger partial charge is 0.221 e. The molecule has 1 aliphatic carbocycles. The van der Waals surface area contributed by atoms with Crippen LogP contribution in [0.4, 0.5) is 0 Å². The van der Waals surface area contributed by atoms with Crippen LogP contribution in [0.3, 0.4) is 0 Å². The molecule has 2 nitrogen and oxygen atoms in total. The number of rotatable bonds is 5. The molecule has 0 aromatic rings. The normalized spacial score (nSPS) is 18.0. The fourth-order valence-electron chi connectivity index (χ4n) is 1.70. The van der Waals surface area contributed by atoms with E-state index in [0.29, 0.717) is 12.3 Å². The first kappa shape index (κ1) is 11.1. The van der Waals surface area contributed by atoms with E-state index in [1.807, 2.05) is 0 Å². The van der Waals surface area contributed by atoms with Gasteiger partial charge in [-0.1, -0.05) is 25.7 Å². The van der Waals surface area contributed by atoms with Crippen molar-refractivity contribution in [1.82, 2.24) is 5.32 Å². The van der Waals surface area contributed by atoms with E-state index >= 15 is 0 Å². The third kappa shape index (κ3) is 3.41. The monoisotopic (exact) mass is 193 g/mol. The fourth-order valence-corrected chi connectivity index (χ4v) is 1.70. The summed E-state index contributed by atoms with van der Waals surface area (Å²) in [6, 6.07) is -0.0624. The first-order chi connectivity index (χ1) is 6.76. The van der Waals surface area contributed by atoms with Crippen LogP contribution < -0.4 is 5.32 Å². The van der Waals surface area contributed by atoms with Crippen molar-refractivity contribution >= 4 is 5.91 Å². The predicted octanol–water partition coefficient (Wildman–Crippen LogP) is 2.09. The molecular weight excluding hydrogens is 174 g/mol. The number of terminal acetylenes is 1. The van der Waals surface area contributed by atoms with Gasteiger partial charge in [-0.3, -0.25) is 4.79 Å². The van der Waals surface area contributed by atoms with Crippen molar-refractivity contribution in [3.05, 3.63) is 0 Å². The van der Waals surface area contributed by atoms with Crippen LogP contribution in [-0.2, 0) is 4.79 Å². The molecule has 0 spiro atoms. The van der Waals surface area contributed by atoms with E-state index in [-0.39, 0.29) is 11.9 Å². The van der Waals surface area contributed by atoms with Gasteiger partial charge in [0, 0.05) is 6.42 Å². The van der Waals surface area contributed by atoms with Gasteiger partial charge in [-0.2, -0.15) is 0 Å². The molecule has 1 N–H and O–H groups in total. The Balaban J connectivity index is 2.20. The van der Waals surface area contributed by atoms with Crippen LogP contribution in [0.1, 0.15) is 45.4 Å². The van der Waals surface area contributed by atoms with Crippen LogP contribution in [0.2, 0.25) is 0 Å². The molecule has 1 aliphatic rings. The van der Waals surface area contributed by atoms with E-state index in [1.54, 1.807) is 0 Å². The average molecular weight is 193 g/mol. The molecule has 1 fully saturated rings.